The van der Waals surface area contributed by atoms with Crippen molar-refractivity contribution < 1.29 is 23.4 Å². The first-order chi connectivity index (χ1) is 17.1. The Balaban J connectivity index is 1.43. The minimum absolute atomic E-state index is 0.0724. The van der Waals surface area contributed by atoms with Crippen LogP contribution in [0.3, 0.4) is 0 Å². The molecule has 2 atom stereocenters. The molecule has 2 bridgehead atoms. The predicted octanol–water partition coefficient (Wildman–Crippen LogP) is 4.07. The molecule has 0 aliphatic carbocycles. The van der Waals surface area contributed by atoms with Gasteiger partial charge in [0.05, 0.1) is 25.5 Å². The number of fused-ring (bicyclic) bond motifs is 3. The van der Waals surface area contributed by atoms with Gasteiger partial charge in [-0.1, -0.05) is 6.07 Å². The molecule has 2 saturated heterocycles. The minimum atomic E-state index is -0.574. The summed E-state index contributed by atoms with van der Waals surface area (Å²) in [5.41, 5.74) is 0.693. The molecule has 2 fully saturated rings. The summed E-state index contributed by atoms with van der Waals surface area (Å²) in [6.07, 6.45) is 0.779. The van der Waals surface area contributed by atoms with Crippen LogP contribution in [0.4, 0.5) is 14.9 Å². The molecule has 0 saturated carbocycles. The van der Waals surface area contributed by atoms with Crippen molar-refractivity contribution in [2.45, 2.75) is 39.4 Å². The third-order valence-electron chi connectivity index (χ3n) is 6.28. The van der Waals surface area contributed by atoms with Crippen LogP contribution in [0.5, 0.6) is 5.88 Å². The molecular formula is C25H27FN6O4. The third kappa shape index (κ3) is 4.44. The van der Waals surface area contributed by atoms with Gasteiger partial charge in [-0.25, -0.2) is 24.0 Å². The molecule has 0 radical (unpaired) electrons. The van der Waals surface area contributed by atoms with E-state index in [1.807, 2.05) is 20.8 Å². The quantitative estimate of drug-likeness (QED) is 0.507. The maximum Gasteiger partial charge on any atom is 0.410 e. The van der Waals surface area contributed by atoms with Crippen LogP contribution in [-0.4, -0.2) is 68.5 Å². The fraction of sp³-hybridized carbons (Fsp3) is 0.480. The lowest BCUT2D eigenvalue weighted by Crippen LogP contribution is -2.59. The molecule has 2 aromatic heterocycles. The first-order valence-electron chi connectivity index (χ1n) is 11.7. The molecule has 4 heterocycles. The molecule has 3 aromatic rings. The first kappa shape index (κ1) is 23.9. The van der Waals surface area contributed by atoms with Crippen molar-refractivity contribution in [1.29, 1.82) is 0 Å². The maximum absolute atomic E-state index is 14.8. The number of nitrogens with zero attached hydrogens (tertiary/aromatic N) is 6. The van der Waals surface area contributed by atoms with Crippen molar-refractivity contribution in [3.63, 3.8) is 0 Å². The normalized spacial score (nSPS) is 21.8. The van der Waals surface area contributed by atoms with Crippen LogP contribution in [0.1, 0.15) is 26.6 Å². The Morgan fingerprint density at radius 3 is 2.58 bits per heavy atom. The number of hydrogen-bond acceptors (Lipinski definition) is 7. The topological polar surface area (TPSA) is 96.0 Å². The molecule has 188 valence electrons. The molecule has 0 N–H and O–H groups in total. The molecule has 36 heavy (non-hydrogen) atoms. The van der Waals surface area contributed by atoms with Crippen LogP contribution >= 0.6 is 0 Å². The number of aromatic nitrogens is 4. The van der Waals surface area contributed by atoms with E-state index in [0.29, 0.717) is 49.2 Å². The molecule has 1 amide bonds. The van der Waals surface area contributed by atoms with E-state index in [1.54, 1.807) is 22.5 Å². The van der Waals surface area contributed by atoms with Gasteiger partial charge in [-0.2, -0.15) is 4.98 Å². The number of rotatable bonds is 3. The van der Waals surface area contributed by atoms with Gasteiger partial charge in [0, 0.05) is 24.9 Å². The summed E-state index contributed by atoms with van der Waals surface area (Å²) in [5, 5.41) is 0. The summed E-state index contributed by atoms with van der Waals surface area (Å²) in [5.74, 6) is 0.113. The maximum atomic E-state index is 14.8. The number of aryl methyl sites for hydroxylation is 1. The highest BCUT2D eigenvalue weighted by Crippen LogP contribution is 2.34. The van der Waals surface area contributed by atoms with Crippen LogP contribution in [0.2, 0.25) is 0 Å². The molecular weight excluding hydrogens is 467 g/mol. The second kappa shape index (κ2) is 9.02. The number of carbonyl (C=O) groups is 1. The summed E-state index contributed by atoms with van der Waals surface area (Å²) >= 11 is 0. The monoisotopic (exact) mass is 494 g/mol. The van der Waals surface area contributed by atoms with E-state index in [-0.39, 0.29) is 35.4 Å². The molecule has 10 nitrogen and oxygen atoms in total. The Labute approximate surface area is 207 Å². The fourth-order valence-corrected chi connectivity index (χ4v) is 4.80. The number of amides is 1. The molecule has 2 aliphatic heterocycles. The third-order valence-corrected chi connectivity index (χ3v) is 6.28. The highest BCUT2D eigenvalue weighted by Gasteiger charge is 2.44. The van der Waals surface area contributed by atoms with Gasteiger partial charge in [0.2, 0.25) is 5.88 Å². The number of likely N-dealkylation sites (tertiary alicyclic amines) is 1. The summed E-state index contributed by atoms with van der Waals surface area (Å²) in [7, 11) is 0. The summed E-state index contributed by atoms with van der Waals surface area (Å²) in [6, 6.07) is 4.27. The SMILES string of the molecule is [C-]#[N+]c1ccc(-n2c(C)nc3c(OC4C5COCC4CN(C(=O)OC(C)(C)C)C5)ncnc32)c(F)c1. The molecule has 5 rings (SSSR count). The standard InChI is InChI=1S/C25H27FN6O4/c1-14-30-20-22(32(14)19-7-6-17(27-5)8-18(19)26)28-13-29-23(20)35-21-15-9-31(10-16(21)12-34-11-15)24(33)36-25(2,3)4/h6-8,13,15-16,21H,9-12H2,1-4H3. The van der Waals surface area contributed by atoms with E-state index in [4.69, 9.17) is 20.8 Å². The zero-order chi connectivity index (χ0) is 25.6. The number of hydrogen-bond donors (Lipinski definition) is 0. The highest BCUT2D eigenvalue weighted by molar-refractivity contribution is 5.79. The van der Waals surface area contributed by atoms with E-state index in [2.05, 4.69) is 19.8 Å². The van der Waals surface area contributed by atoms with Gasteiger partial charge in [-0.3, -0.25) is 4.57 Å². The van der Waals surface area contributed by atoms with Crippen molar-refractivity contribution in [2.75, 3.05) is 26.3 Å². The van der Waals surface area contributed by atoms with E-state index in [0.717, 1.165) is 0 Å². The average molecular weight is 495 g/mol. The number of carbonyl (C=O) groups excluding carboxylic acids is 1. The Bertz CT molecular complexity index is 1350. The molecule has 0 spiro atoms. The van der Waals surface area contributed by atoms with Crippen LogP contribution in [0.15, 0.2) is 24.5 Å². The second-order valence-corrected chi connectivity index (χ2v) is 10.1. The average Bonchev–Trinajstić information content (AvgIpc) is 3.14. The second-order valence-electron chi connectivity index (χ2n) is 10.1. The van der Waals surface area contributed by atoms with Gasteiger partial charge in [-0.05, 0) is 39.8 Å². The number of imidazole rings is 1. The van der Waals surface area contributed by atoms with Crippen molar-refractivity contribution in [3.8, 4) is 11.6 Å². The van der Waals surface area contributed by atoms with Gasteiger partial charge in [0.25, 0.3) is 0 Å². The van der Waals surface area contributed by atoms with Crippen LogP contribution < -0.4 is 4.74 Å². The van der Waals surface area contributed by atoms with E-state index < -0.39 is 11.4 Å². The Morgan fingerprint density at radius 2 is 1.94 bits per heavy atom. The van der Waals surface area contributed by atoms with Crippen molar-refractivity contribution in [2.24, 2.45) is 11.8 Å². The van der Waals surface area contributed by atoms with Gasteiger partial charge >= 0.3 is 6.09 Å². The Morgan fingerprint density at radius 1 is 1.22 bits per heavy atom. The highest BCUT2D eigenvalue weighted by atomic mass is 19.1. The number of halogens is 1. The van der Waals surface area contributed by atoms with Crippen LogP contribution in [0.25, 0.3) is 21.7 Å². The zero-order valence-corrected chi connectivity index (χ0v) is 20.6. The van der Waals surface area contributed by atoms with E-state index in [1.165, 1.54) is 18.5 Å². The lowest BCUT2D eigenvalue weighted by atomic mass is 9.84. The lowest BCUT2D eigenvalue weighted by molar-refractivity contribution is -0.112. The number of piperidine rings is 1. The van der Waals surface area contributed by atoms with Crippen LogP contribution in [-0.2, 0) is 9.47 Å². The minimum Gasteiger partial charge on any atom is -0.472 e. The van der Waals surface area contributed by atoms with Crippen molar-refractivity contribution in [3.05, 3.63) is 47.6 Å². The Kier molecular flexibility index (Phi) is 6.00. The smallest absolute Gasteiger partial charge is 0.410 e. The predicted molar refractivity (Wildman–Crippen MR) is 128 cm³/mol. The summed E-state index contributed by atoms with van der Waals surface area (Å²) in [4.78, 5) is 30.9. The Hall–Kier alpha value is -3.78. The summed E-state index contributed by atoms with van der Waals surface area (Å²) in [6.45, 7) is 16.2. The zero-order valence-electron chi connectivity index (χ0n) is 20.6. The fourth-order valence-electron chi connectivity index (χ4n) is 4.80. The van der Waals surface area contributed by atoms with Gasteiger partial charge < -0.3 is 19.1 Å². The van der Waals surface area contributed by atoms with E-state index in [9.17, 15) is 9.18 Å². The van der Waals surface area contributed by atoms with E-state index >= 15 is 0 Å². The van der Waals surface area contributed by atoms with Crippen LogP contribution in [0, 0.1) is 31.1 Å². The van der Waals surface area contributed by atoms with Gasteiger partial charge in [0.1, 0.15) is 29.7 Å². The number of benzene rings is 1. The van der Waals surface area contributed by atoms with Gasteiger partial charge in [0.15, 0.2) is 16.9 Å². The van der Waals surface area contributed by atoms with Gasteiger partial charge in [-0.15, -0.1) is 0 Å². The lowest BCUT2D eigenvalue weighted by Gasteiger charge is -2.46. The number of ether oxygens (including phenoxy) is 3. The van der Waals surface area contributed by atoms with Crippen molar-refractivity contribution >= 4 is 22.9 Å². The first-order valence-corrected chi connectivity index (χ1v) is 11.7. The molecule has 11 heteroatoms. The molecule has 1 aromatic carbocycles. The molecule has 2 unspecified atom stereocenters. The molecule has 2 aliphatic rings. The van der Waals surface area contributed by atoms with Crippen molar-refractivity contribution in [1.82, 2.24) is 24.4 Å². The summed E-state index contributed by atoms with van der Waals surface area (Å²) < 4.78 is 34.1. The largest absolute Gasteiger partial charge is 0.472 e.